The summed E-state index contributed by atoms with van der Waals surface area (Å²) in [5.41, 5.74) is 5.46. The summed E-state index contributed by atoms with van der Waals surface area (Å²) in [6.07, 6.45) is -5.44. The molecule has 0 atom stereocenters. The van der Waals surface area contributed by atoms with Crippen molar-refractivity contribution >= 4 is 31.9 Å². The lowest BCUT2D eigenvalue weighted by atomic mass is 10.3. The molecular formula is C11H14F3N3O2S2. The molecule has 0 amide bonds. The Labute approximate surface area is 124 Å². The Balaban J connectivity index is 3.27. The van der Waals surface area contributed by atoms with E-state index in [9.17, 15) is 21.6 Å². The molecule has 118 valence electrons. The third kappa shape index (κ3) is 4.01. The topological polar surface area (TPSA) is 87.2 Å². The van der Waals surface area contributed by atoms with Gasteiger partial charge in [-0.1, -0.05) is 6.92 Å². The molecule has 0 saturated heterocycles. The fraction of sp³-hybridized carbons (Fsp3) is 0.545. The van der Waals surface area contributed by atoms with E-state index in [-0.39, 0.29) is 26.2 Å². The minimum atomic E-state index is -4.35. The van der Waals surface area contributed by atoms with Crippen molar-refractivity contribution in [3.63, 3.8) is 0 Å². The summed E-state index contributed by atoms with van der Waals surface area (Å²) in [6.45, 7) is 0.985. The number of alkyl halides is 3. The van der Waals surface area contributed by atoms with Crippen LogP contribution in [-0.4, -0.2) is 33.9 Å². The summed E-state index contributed by atoms with van der Waals surface area (Å²) in [7, 11) is -2.40. The van der Waals surface area contributed by atoms with Gasteiger partial charge in [0.1, 0.15) is 20.8 Å². The SMILES string of the molecule is CCS(=O)(=O)c1c(N(C)CCC(F)(F)F)sc(C#N)c1N. The summed E-state index contributed by atoms with van der Waals surface area (Å²) >= 11 is 0.780. The van der Waals surface area contributed by atoms with Crippen molar-refractivity contribution in [3.05, 3.63) is 4.88 Å². The van der Waals surface area contributed by atoms with Crippen LogP contribution in [0.2, 0.25) is 0 Å². The second kappa shape index (κ2) is 6.11. The fourth-order valence-electron chi connectivity index (χ4n) is 1.59. The molecule has 1 heterocycles. The van der Waals surface area contributed by atoms with Gasteiger partial charge in [-0.2, -0.15) is 18.4 Å². The Kier molecular flexibility index (Phi) is 5.11. The lowest BCUT2D eigenvalue weighted by Gasteiger charge is -2.20. The van der Waals surface area contributed by atoms with E-state index in [1.54, 1.807) is 6.07 Å². The standard InChI is InChI=1S/C11H14F3N3O2S2/c1-3-21(18,19)9-8(16)7(6-15)20-10(9)17(2)5-4-11(12,13)14/h3-5,16H2,1-2H3. The van der Waals surface area contributed by atoms with Crippen LogP contribution in [-0.2, 0) is 9.84 Å². The smallest absolute Gasteiger partial charge is 0.390 e. The average Bonchev–Trinajstić information content (AvgIpc) is 2.72. The molecule has 0 aliphatic rings. The quantitative estimate of drug-likeness (QED) is 0.888. The van der Waals surface area contributed by atoms with Gasteiger partial charge in [0.25, 0.3) is 0 Å². The number of nitriles is 1. The van der Waals surface area contributed by atoms with Crippen molar-refractivity contribution in [2.75, 3.05) is 30.0 Å². The molecule has 1 rings (SSSR count). The minimum Gasteiger partial charge on any atom is -0.396 e. The van der Waals surface area contributed by atoms with Crippen LogP contribution in [0.15, 0.2) is 4.90 Å². The van der Waals surface area contributed by atoms with E-state index in [4.69, 9.17) is 11.0 Å². The third-order valence-electron chi connectivity index (χ3n) is 2.75. The molecule has 0 unspecified atom stereocenters. The number of halogens is 3. The second-order valence-corrected chi connectivity index (χ2v) is 7.50. The molecular weight excluding hydrogens is 327 g/mol. The number of nitrogen functional groups attached to an aromatic ring is 1. The van der Waals surface area contributed by atoms with Gasteiger partial charge in [-0.15, -0.1) is 11.3 Å². The Morgan fingerprint density at radius 3 is 2.43 bits per heavy atom. The van der Waals surface area contributed by atoms with Crippen LogP contribution in [0.5, 0.6) is 0 Å². The lowest BCUT2D eigenvalue weighted by molar-refractivity contribution is -0.132. The van der Waals surface area contributed by atoms with Crippen molar-refractivity contribution in [1.29, 1.82) is 5.26 Å². The van der Waals surface area contributed by atoms with E-state index >= 15 is 0 Å². The first kappa shape index (κ1) is 17.6. The molecule has 0 bridgehead atoms. The monoisotopic (exact) mass is 341 g/mol. The molecule has 21 heavy (non-hydrogen) atoms. The number of hydrogen-bond donors (Lipinski definition) is 1. The molecule has 1 aromatic heterocycles. The number of nitrogens with two attached hydrogens (primary N) is 1. The average molecular weight is 341 g/mol. The van der Waals surface area contributed by atoms with E-state index in [0.717, 1.165) is 16.2 Å². The highest BCUT2D eigenvalue weighted by Gasteiger charge is 2.31. The lowest BCUT2D eigenvalue weighted by Crippen LogP contribution is -2.24. The zero-order valence-corrected chi connectivity index (χ0v) is 13.0. The van der Waals surface area contributed by atoms with Crippen LogP contribution >= 0.6 is 11.3 Å². The second-order valence-electron chi connectivity index (χ2n) is 4.28. The largest absolute Gasteiger partial charge is 0.396 e. The number of nitrogens with zero attached hydrogens (tertiary/aromatic N) is 2. The Hall–Kier alpha value is -1.47. The maximum Gasteiger partial charge on any atom is 0.390 e. The summed E-state index contributed by atoms with van der Waals surface area (Å²) in [5.74, 6) is -0.251. The summed E-state index contributed by atoms with van der Waals surface area (Å²) in [6, 6.07) is 1.76. The van der Waals surface area contributed by atoms with Crippen LogP contribution in [0, 0.1) is 11.3 Å². The van der Waals surface area contributed by atoms with Crippen LogP contribution in [0.1, 0.15) is 18.2 Å². The van der Waals surface area contributed by atoms with Crippen LogP contribution < -0.4 is 10.6 Å². The normalized spacial score (nSPS) is 12.2. The molecule has 1 aromatic rings. The van der Waals surface area contributed by atoms with E-state index in [0.29, 0.717) is 0 Å². The van der Waals surface area contributed by atoms with Gasteiger partial charge < -0.3 is 10.6 Å². The van der Waals surface area contributed by atoms with Gasteiger partial charge >= 0.3 is 6.18 Å². The van der Waals surface area contributed by atoms with Crippen molar-refractivity contribution in [2.45, 2.75) is 24.4 Å². The number of rotatable bonds is 5. The zero-order valence-electron chi connectivity index (χ0n) is 11.4. The molecule has 0 saturated carbocycles. The number of anilines is 2. The third-order valence-corrected chi connectivity index (χ3v) is 5.90. The Bertz CT molecular complexity index is 659. The molecule has 10 heteroatoms. The molecule has 0 aliphatic heterocycles. The molecule has 0 aromatic carbocycles. The molecule has 0 fully saturated rings. The molecule has 2 N–H and O–H groups in total. The van der Waals surface area contributed by atoms with E-state index in [2.05, 4.69) is 0 Å². The van der Waals surface area contributed by atoms with Crippen molar-refractivity contribution in [1.82, 2.24) is 0 Å². The van der Waals surface area contributed by atoms with E-state index < -0.39 is 29.0 Å². The summed E-state index contributed by atoms with van der Waals surface area (Å²) in [5, 5.41) is 8.99. The van der Waals surface area contributed by atoms with Gasteiger partial charge in [0.2, 0.25) is 0 Å². The van der Waals surface area contributed by atoms with Gasteiger partial charge in [0.15, 0.2) is 9.84 Å². The maximum absolute atomic E-state index is 12.3. The first-order chi connectivity index (χ1) is 9.53. The van der Waals surface area contributed by atoms with E-state index in [1.165, 1.54) is 14.0 Å². The van der Waals surface area contributed by atoms with Gasteiger partial charge in [-0.05, 0) is 0 Å². The van der Waals surface area contributed by atoms with Crippen molar-refractivity contribution < 1.29 is 21.6 Å². The van der Waals surface area contributed by atoms with Gasteiger partial charge in [-0.25, -0.2) is 8.42 Å². The maximum atomic E-state index is 12.3. The van der Waals surface area contributed by atoms with Gasteiger partial charge in [0.05, 0.1) is 17.9 Å². The van der Waals surface area contributed by atoms with Crippen LogP contribution in [0.4, 0.5) is 23.9 Å². The highest BCUT2D eigenvalue weighted by Crippen LogP contribution is 2.41. The first-order valence-electron chi connectivity index (χ1n) is 5.86. The molecule has 0 radical (unpaired) electrons. The first-order valence-corrected chi connectivity index (χ1v) is 8.33. The fourth-order valence-corrected chi connectivity index (χ4v) is 4.21. The molecule has 0 spiro atoms. The van der Waals surface area contributed by atoms with E-state index in [1.807, 2.05) is 0 Å². The Morgan fingerprint density at radius 1 is 1.43 bits per heavy atom. The predicted octanol–water partition coefficient (Wildman–Crippen LogP) is 2.38. The highest BCUT2D eigenvalue weighted by molar-refractivity contribution is 7.91. The van der Waals surface area contributed by atoms with Crippen molar-refractivity contribution in [2.24, 2.45) is 0 Å². The minimum absolute atomic E-state index is 0.0177. The predicted molar refractivity (Wildman–Crippen MR) is 75.1 cm³/mol. The number of sulfone groups is 1. The molecule has 0 aliphatic carbocycles. The zero-order chi connectivity index (χ0) is 16.4. The molecule has 5 nitrogen and oxygen atoms in total. The van der Waals surface area contributed by atoms with Crippen LogP contribution in [0.3, 0.4) is 0 Å². The Morgan fingerprint density at radius 2 is 2.00 bits per heavy atom. The highest BCUT2D eigenvalue weighted by atomic mass is 32.2. The number of thiophene rings is 1. The van der Waals surface area contributed by atoms with Gasteiger partial charge in [-0.3, -0.25) is 0 Å². The van der Waals surface area contributed by atoms with Crippen molar-refractivity contribution in [3.8, 4) is 6.07 Å². The van der Waals surface area contributed by atoms with Gasteiger partial charge in [0, 0.05) is 13.6 Å². The summed E-state index contributed by atoms with van der Waals surface area (Å²) < 4.78 is 60.9. The number of hydrogen-bond acceptors (Lipinski definition) is 6. The summed E-state index contributed by atoms with van der Waals surface area (Å²) in [4.78, 5) is 0.893. The van der Waals surface area contributed by atoms with Crippen LogP contribution in [0.25, 0.3) is 0 Å².